The van der Waals surface area contributed by atoms with Crippen molar-refractivity contribution in [2.24, 2.45) is 0 Å². The maximum Gasteiger partial charge on any atom is 0.341 e. The van der Waals surface area contributed by atoms with Crippen molar-refractivity contribution in [1.82, 2.24) is 0 Å². The van der Waals surface area contributed by atoms with Crippen LogP contribution in [0.5, 0.6) is 11.5 Å². The molecule has 6 nitrogen and oxygen atoms in total. The number of anilines is 1. The summed E-state index contributed by atoms with van der Waals surface area (Å²) in [6.45, 7) is 2.21. The average molecular weight is 329 g/mol. The van der Waals surface area contributed by atoms with Gasteiger partial charge in [-0.15, -0.1) is 0 Å². The lowest BCUT2D eigenvalue weighted by Gasteiger charge is -2.09. The van der Waals surface area contributed by atoms with Crippen LogP contribution in [0.1, 0.15) is 23.7 Å². The molecule has 0 heterocycles. The largest absolute Gasteiger partial charge is 0.494 e. The SMILES string of the molecule is CCCOc1cccc(C(=O)Nc2ccc(OCC(=O)O)cc2)c1. The zero-order valence-corrected chi connectivity index (χ0v) is 13.3. The number of carbonyl (C=O) groups is 2. The fraction of sp³-hybridized carbons (Fsp3) is 0.222. The van der Waals surface area contributed by atoms with Crippen molar-refractivity contribution in [2.45, 2.75) is 13.3 Å². The maximum atomic E-state index is 12.3. The van der Waals surface area contributed by atoms with Crippen LogP contribution in [0.25, 0.3) is 0 Å². The van der Waals surface area contributed by atoms with Crippen LogP contribution < -0.4 is 14.8 Å². The Balaban J connectivity index is 1.97. The van der Waals surface area contributed by atoms with Gasteiger partial charge >= 0.3 is 5.97 Å². The van der Waals surface area contributed by atoms with E-state index in [0.717, 1.165) is 6.42 Å². The highest BCUT2D eigenvalue weighted by Gasteiger charge is 2.08. The van der Waals surface area contributed by atoms with Gasteiger partial charge in [0.25, 0.3) is 5.91 Å². The van der Waals surface area contributed by atoms with E-state index in [-0.39, 0.29) is 5.91 Å². The summed E-state index contributed by atoms with van der Waals surface area (Å²) >= 11 is 0. The smallest absolute Gasteiger partial charge is 0.341 e. The van der Waals surface area contributed by atoms with Gasteiger partial charge < -0.3 is 19.9 Å². The fourth-order valence-electron chi connectivity index (χ4n) is 1.93. The number of benzene rings is 2. The van der Waals surface area contributed by atoms with E-state index in [1.807, 2.05) is 6.92 Å². The van der Waals surface area contributed by atoms with E-state index in [1.54, 1.807) is 48.5 Å². The number of carboxylic acid groups (broad SMARTS) is 1. The first-order chi connectivity index (χ1) is 11.6. The monoisotopic (exact) mass is 329 g/mol. The van der Waals surface area contributed by atoms with Crippen LogP contribution in [0.4, 0.5) is 5.69 Å². The summed E-state index contributed by atoms with van der Waals surface area (Å²) in [5, 5.41) is 11.3. The minimum absolute atomic E-state index is 0.254. The predicted molar refractivity (Wildman–Crippen MR) is 89.8 cm³/mol. The molecule has 2 rings (SSSR count). The number of hydrogen-bond acceptors (Lipinski definition) is 4. The van der Waals surface area contributed by atoms with Gasteiger partial charge in [-0.3, -0.25) is 4.79 Å². The number of amides is 1. The van der Waals surface area contributed by atoms with Crippen molar-refractivity contribution in [3.8, 4) is 11.5 Å². The third kappa shape index (κ3) is 5.31. The first kappa shape index (κ1) is 17.3. The zero-order chi connectivity index (χ0) is 17.4. The first-order valence-corrected chi connectivity index (χ1v) is 7.57. The van der Waals surface area contributed by atoms with Gasteiger partial charge in [-0.1, -0.05) is 13.0 Å². The Morgan fingerprint density at radius 1 is 1.04 bits per heavy atom. The molecule has 0 unspecified atom stereocenters. The molecule has 0 aliphatic heterocycles. The summed E-state index contributed by atoms with van der Waals surface area (Å²) in [4.78, 5) is 22.7. The van der Waals surface area contributed by atoms with Gasteiger partial charge in [-0.25, -0.2) is 4.79 Å². The number of hydrogen-bond donors (Lipinski definition) is 2. The van der Waals surface area contributed by atoms with E-state index in [0.29, 0.717) is 29.4 Å². The number of aliphatic carboxylic acids is 1. The molecule has 0 spiro atoms. The highest BCUT2D eigenvalue weighted by atomic mass is 16.5. The summed E-state index contributed by atoms with van der Waals surface area (Å²) in [6.07, 6.45) is 0.896. The Labute approximate surface area is 140 Å². The molecule has 0 aliphatic carbocycles. The van der Waals surface area contributed by atoms with Gasteiger partial charge in [-0.2, -0.15) is 0 Å². The van der Waals surface area contributed by atoms with Crippen LogP contribution in [-0.2, 0) is 4.79 Å². The van der Waals surface area contributed by atoms with Crippen molar-refractivity contribution in [3.05, 3.63) is 54.1 Å². The molecule has 0 saturated heterocycles. The van der Waals surface area contributed by atoms with Crippen LogP contribution >= 0.6 is 0 Å². The zero-order valence-electron chi connectivity index (χ0n) is 13.3. The van der Waals surface area contributed by atoms with Gasteiger partial charge in [0.1, 0.15) is 11.5 Å². The summed E-state index contributed by atoms with van der Waals surface area (Å²) < 4.78 is 10.6. The second kappa shape index (κ2) is 8.57. The predicted octanol–water partition coefficient (Wildman–Crippen LogP) is 3.19. The second-order valence-electron chi connectivity index (χ2n) is 5.04. The van der Waals surface area contributed by atoms with Gasteiger partial charge in [0.05, 0.1) is 6.61 Å². The summed E-state index contributed by atoms with van der Waals surface area (Å²) in [7, 11) is 0. The van der Waals surface area contributed by atoms with Crippen molar-refractivity contribution in [3.63, 3.8) is 0 Å². The first-order valence-electron chi connectivity index (χ1n) is 7.57. The van der Waals surface area contributed by atoms with Gasteiger partial charge in [0.15, 0.2) is 6.61 Å². The molecule has 2 N–H and O–H groups in total. The minimum atomic E-state index is -1.04. The van der Waals surface area contributed by atoms with Crippen LogP contribution in [0, 0.1) is 0 Å². The molecule has 0 aromatic heterocycles. The van der Waals surface area contributed by atoms with E-state index >= 15 is 0 Å². The summed E-state index contributed by atoms with van der Waals surface area (Å²) in [5.41, 5.74) is 1.08. The quantitative estimate of drug-likeness (QED) is 0.777. The number of carboxylic acids is 1. The molecule has 6 heteroatoms. The fourth-order valence-corrected chi connectivity index (χ4v) is 1.93. The van der Waals surface area contributed by atoms with E-state index < -0.39 is 12.6 Å². The van der Waals surface area contributed by atoms with Gasteiger partial charge in [-0.05, 0) is 48.9 Å². The Hall–Kier alpha value is -3.02. The Kier molecular flexibility index (Phi) is 6.19. The third-order valence-corrected chi connectivity index (χ3v) is 3.04. The Morgan fingerprint density at radius 3 is 2.46 bits per heavy atom. The molecule has 0 aliphatic rings. The molecule has 2 aromatic rings. The highest BCUT2D eigenvalue weighted by Crippen LogP contribution is 2.18. The van der Waals surface area contributed by atoms with Gasteiger partial charge in [0.2, 0.25) is 0 Å². The molecule has 0 atom stereocenters. The lowest BCUT2D eigenvalue weighted by Crippen LogP contribution is -2.12. The Bertz CT molecular complexity index is 697. The van der Waals surface area contributed by atoms with Crippen LogP contribution in [-0.4, -0.2) is 30.2 Å². The van der Waals surface area contributed by atoms with Crippen LogP contribution in [0.15, 0.2) is 48.5 Å². The Morgan fingerprint density at radius 2 is 1.79 bits per heavy atom. The minimum Gasteiger partial charge on any atom is -0.494 e. The molecule has 0 bridgehead atoms. The van der Waals surface area contributed by atoms with Crippen molar-refractivity contribution in [1.29, 1.82) is 0 Å². The van der Waals surface area contributed by atoms with Crippen LogP contribution in [0.3, 0.4) is 0 Å². The lowest BCUT2D eigenvalue weighted by molar-refractivity contribution is -0.139. The molecule has 0 saturated carbocycles. The number of rotatable bonds is 8. The van der Waals surface area contributed by atoms with Crippen molar-refractivity contribution in [2.75, 3.05) is 18.5 Å². The molecule has 0 fully saturated rings. The standard InChI is InChI=1S/C18H19NO5/c1-2-10-23-16-5-3-4-13(11-16)18(22)19-14-6-8-15(9-7-14)24-12-17(20)21/h3-9,11H,2,10,12H2,1H3,(H,19,22)(H,20,21). The van der Waals surface area contributed by atoms with E-state index in [1.165, 1.54) is 0 Å². The van der Waals surface area contributed by atoms with E-state index in [2.05, 4.69) is 5.32 Å². The second-order valence-corrected chi connectivity index (χ2v) is 5.04. The molecule has 2 aromatic carbocycles. The summed E-state index contributed by atoms with van der Waals surface area (Å²) in [6, 6.07) is 13.5. The van der Waals surface area contributed by atoms with E-state index in [9.17, 15) is 9.59 Å². The molecule has 1 amide bonds. The van der Waals surface area contributed by atoms with Crippen LogP contribution in [0.2, 0.25) is 0 Å². The normalized spacial score (nSPS) is 10.0. The molecule has 126 valence electrons. The molecular weight excluding hydrogens is 310 g/mol. The van der Waals surface area contributed by atoms with Crippen molar-refractivity contribution >= 4 is 17.6 Å². The number of ether oxygens (including phenoxy) is 2. The van der Waals surface area contributed by atoms with Gasteiger partial charge in [0, 0.05) is 11.3 Å². The molecule has 24 heavy (non-hydrogen) atoms. The number of carbonyl (C=O) groups excluding carboxylic acids is 1. The molecule has 0 radical (unpaired) electrons. The third-order valence-electron chi connectivity index (χ3n) is 3.04. The lowest BCUT2D eigenvalue weighted by atomic mass is 10.2. The van der Waals surface area contributed by atoms with Crippen molar-refractivity contribution < 1.29 is 24.2 Å². The van der Waals surface area contributed by atoms with E-state index in [4.69, 9.17) is 14.6 Å². The summed E-state index contributed by atoms with van der Waals surface area (Å²) in [5.74, 6) is -0.221. The average Bonchev–Trinajstić information content (AvgIpc) is 2.59. The maximum absolute atomic E-state index is 12.3. The number of nitrogens with one attached hydrogen (secondary N) is 1. The topological polar surface area (TPSA) is 84.9 Å². The molecular formula is C18H19NO5. The highest BCUT2D eigenvalue weighted by molar-refractivity contribution is 6.04.